The summed E-state index contributed by atoms with van der Waals surface area (Å²) in [5, 5.41) is 23.1. The molecule has 0 radical (unpaired) electrons. The SMILES string of the molecule is CC(C)(CNCCC#N)NCCC#N. The average Bonchev–Trinajstić information content (AvgIpc) is 2.13. The third kappa shape index (κ3) is 7.54. The standard InChI is InChI=1S/C10H18N4/c1-10(2,14-8-4-6-12)9-13-7-3-5-11/h13-14H,3-4,7-9H2,1-2H3. The van der Waals surface area contributed by atoms with E-state index in [1.165, 1.54) is 0 Å². The van der Waals surface area contributed by atoms with Crippen LogP contribution < -0.4 is 10.6 Å². The Morgan fingerprint density at radius 2 is 1.64 bits per heavy atom. The lowest BCUT2D eigenvalue weighted by molar-refractivity contribution is 0.371. The van der Waals surface area contributed by atoms with E-state index in [0.29, 0.717) is 19.4 Å². The fourth-order valence-electron chi connectivity index (χ4n) is 1.06. The summed E-state index contributed by atoms with van der Waals surface area (Å²) in [6, 6.07) is 4.17. The largest absolute Gasteiger partial charge is 0.314 e. The molecule has 0 aliphatic rings. The Bertz CT molecular complexity index is 221. The number of nitrogens with one attached hydrogen (secondary N) is 2. The molecule has 0 bridgehead atoms. The minimum absolute atomic E-state index is 0.0215. The zero-order valence-electron chi connectivity index (χ0n) is 8.93. The van der Waals surface area contributed by atoms with Gasteiger partial charge in [-0.1, -0.05) is 0 Å². The van der Waals surface area contributed by atoms with Crippen molar-refractivity contribution < 1.29 is 0 Å². The highest BCUT2D eigenvalue weighted by molar-refractivity contribution is 4.83. The van der Waals surface area contributed by atoms with E-state index in [4.69, 9.17) is 10.5 Å². The van der Waals surface area contributed by atoms with Crippen molar-refractivity contribution in [3.05, 3.63) is 0 Å². The minimum atomic E-state index is -0.0215. The van der Waals surface area contributed by atoms with Crippen LogP contribution in [0, 0.1) is 22.7 Å². The van der Waals surface area contributed by atoms with Gasteiger partial charge in [0.15, 0.2) is 0 Å². The molecule has 0 fully saturated rings. The monoisotopic (exact) mass is 194 g/mol. The highest BCUT2D eigenvalue weighted by Crippen LogP contribution is 1.99. The van der Waals surface area contributed by atoms with Crippen molar-refractivity contribution in [2.75, 3.05) is 19.6 Å². The molecular formula is C10H18N4. The third-order valence-electron chi connectivity index (χ3n) is 1.82. The van der Waals surface area contributed by atoms with E-state index >= 15 is 0 Å². The van der Waals surface area contributed by atoms with E-state index in [-0.39, 0.29) is 5.54 Å². The summed E-state index contributed by atoms with van der Waals surface area (Å²) >= 11 is 0. The van der Waals surface area contributed by atoms with Crippen molar-refractivity contribution in [3.8, 4) is 12.1 Å². The van der Waals surface area contributed by atoms with Crippen molar-refractivity contribution in [1.29, 1.82) is 10.5 Å². The molecular weight excluding hydrogens is 176 g/mol. The van der Waals surface area contributed by atoms with Crippen LogP contribution >= 0.6 is 0 Å². The van der Waals surface area contributed by atoms with Gasteiger partial charge in [-0.05, 0) is 13.8 Å². The van der Waals surface area contributed by atoms with E-state index < -0.39 is 0 Å². The molecule has 0 aliphatic heterocycles. The maximum absolute atomic E-state index is 8.37. The lowest BCUT2D eigenvalue weighted by Crippen LogP contribution is -2.48. The zero-order valence-corrected chi connectivity index (χ0v) is 8.93. The summed E-state index contributed by atoms with van der Waals surface area (Å²) in [7, 11) is 0. The number of hydrogen-bond acceptors (Lipinski definition) is 4. The summed E-state index contributed by atoms with van der Waals surface area (Å²) in [5.74, 6) is 0. The summed E-state index contributed by atoms with van der Waals surface area (Å²) in [4.78, 5) is 0. The second kappa shape index (κ2) is 7.32. The van der Waals surface area contributed by atoms with Crippen LogP contribution in [0.4, 0.5) is 0 Å². The van der Waals surface area contributed by atoms with Crippen molar-refractivity contribution in [2.24, 2.45) is 0 Å². The van der Waals surface area contributed by atoms with Gasteiger partial charge in [0.1, 0.15) is 0 Å². The molecule has 0 saturated heterocycles. The van der Waals surface area contributed by atoms with Gasteiger partial charge < -0.3 is 10.6 Å². The fraction of sp³-hybridized carbons (Fsp3) is 0.800. The third-order valence-corrected chi connectivity index (χ3v) is 1.82. The topological polar surface area (TPSA) is 71.6 Å². The minimum Gasteiger partial charge on any atom is -0.314 e. The Hall–Kier alpha value is -1.10. The Labute approximate surface area is 85.9 Å². The first kappa shape index (κ1) is 12.9. The molecule has 14 heavy (non-hydrogen) atoms. The summed E-state index contributed by atoms with van der Waals surface area (Å²) < 4.78 is 0. The first-order valence-corrected chi connectivity index (χ1v) is 4.82. The Morgan fingerprint density at radius 1 is 1.07 bits per heavy atom. The van der Waals surface area contributed by atoms with Crippen molar-refractivity contribution >= 4 is 0 Å². The molecule has 0 spiro atoms. The first-order chi connectivity index (χ1) is 6.62. The molecule has 0 aromatic carbocycles. The Morgan fingerprint density at radius 3 is 2.21 bits per heavy atom. The number of rotatable bonds is 7. The molecule has 0 unspecified atom stereocenters. The number of nitriles is 2. The van der Waals surface area contributed by atoms with Crippen LogP contribution in [0.15, 0.2) is 0 Å². The maximum atomic E-state index is 8.37. The average molecular weight is 194 g/mol. The van der Waals surface area contributed by atoms with Crippen LogP contribution in [-0.4, -0.2) is 25.2 Å². The van der Waals surface area contributed by atoms with Crippen molar-refractivity contribution in [2.45, 2.75) is 32.2 Å². The van der Waals surface area contributed by atoms with Gasteiger partial charge >= 0.3 is 0 Å². The molecule has 0 aliphatic carbocycles. The van der Waals surface area contributed by atoms with Gasteiger partial charge in [-0.2, -0.15) is 10.5 Å². The Kier molecular flexibility index (Phi) is 6.74. The lowest BCUT2D eigenvalue weighted by Gasteiger charge is -2.26. The molecule has 4 nitrogen and oxygen atoms in total. The summed E-state index contributed by atoms with van der Waals surface area (Å²) in [5.41, 5.74) is -0.0215. The number of hydrogen-bond donors (Lipinski definition) is 2. The predicted octanol–water partition coefficient (Wildman–Crippen LogP) is 0.772. The highest BCUT2D eigenvalue weighted by Gasteiger charge is 2.15. The van der Waals surface area contributed by atoms with Crippen LogP contribution in [-0.2, 0) is 0 Å². The van der Waals surface area contributed by atoms with Crippen LogP contribution in [0.3, 0.4) is 0 Å². The van der Waals surface area contributed by atoms with Crippen LogP contribution in [0.5, 0.6) is 0 Å². The highest BCUT2D eigenvalue weighted by atomic mass is 15.0. The zero-order chi connectivity index (χ0) is 10.9. The molecule has 0 amide bonds. The van der Waals surface area contributed by atoms with Gasteiger partial charge in [0.05, 0.1) is 12.1 Å². The number of nitrogens with zero attached hydrogens (tertiary/aromatic N) is 2. The quantitative estimate of drug-likeness (QED) is 0.587. The lowest BCUT2D eigenvalue weighted by atomic mass is 10.1. The van der Waals surface area contributed by atoms with E-state index in [1.807, 2.05) is 0 Å². The van der Waals surface area contributed by atoms with Gasteiger partial charge in [-0.15, -0.1) is 0 Å². The summed E-state index contributed by atoms with van der Waals surface area (Å²) in [6.07, 6.45) is 1.07. The van der Waals surface area contributed by atoms with E-state index in [2.05, 4.69) is 36.6 Å². The van der Waals surface area contributed by atoms with E-state index in [0.717, 1.165) is 13.1 Å². The molecule has 0 saturated carbocycles. The first-order valence-electron chi connectivity index (χ1n) is 4.82. The molecule has 78 valence electrons. The maximum Gasteiger partial charge on any atom is 0.0635 e. The molecule has 0 atom stereocenters. The van der Waals surface area contributed by atoms with E-state index in [1.54, 1.807) is 0 Å². The van der Waals surface area contributed by atoms with Gasteiger partial charge in [-0.25, -0.2) is 0 Å². The second-order valence-corrected chi connectivity index (χ2v) is 3.80. The summed E-state index contributed by atoms with van der Waals surface area (Å²) in [6.45, 7) is 6.39. The van der Waals surface area contributed by atoms with Crippen LogP contribution in [0.1, 0.15) is 26.7 Å². The second-order valence-electron chi connectivity index (χ2n) is 3.80. The molecule has 0 rings (SSSR count). The normalized spacial score (nSPS) is 10.6. The van der Waals surface area contributed by atoms with Gasteiger partial charge in [0.2, 0.25) is 0 Å². The molecule has 2 N–H and O–H groups in total. The molecule has 4 heteroatoms. The van der Waals surface area contributed by atoms with E-state index in [9.17, 15) is 0 Å². The van der Waals surface area contributed by atoms with Gasteiger partial charge in [0.25, 0.3) is 0 Å². The molecule has 0 aromatic heterocycles. The molecule has 0 heterocycles. The Balaban J connectivity index is 3.52. The van der Waals surface area contributed by atoms with Crippen molar-refractivity contribution in [3.63, 3.8) is 0 Å². The van der Waals surface area contributed by atoms with Crippen LogP contribution in [0.2, 0.25) is 0 Å². The van der Waals surface area contributed by atoms with Crippen LogP contribution in [0.25, 0.3) is 0 Å². The molecule has 0 aromatic rings. The van der Waals surface area contributed by atoms with Gasteiger partial charge in [0, 0.05) is 38.0 Å². The predicted molar refractivity (Wildman–Crippen MR) is 55.4 cm³/mol. The smallest absolute Gasteiger partial charge is 0.0635 e. The fourth-order valence-corrected chi connectivity index (χ4v) is 1.06. The van der Waals surface area contributed by atoms with Crippen molar-refractivity contribution in [1.82, 2.24) is 10.6 Å². The van der Waals surface area contributed by atoms with Gasteiger partial charge in [-0.3, -0.25) is 0 Å².